The third-order valence-corrected chi connectivity index (χ3v) is 4.15. The van der Waals surface area contributed by atoms with Crippen LogP contribution < -0.4 is 4.90 Å². The van der Waals surface area contributed by atoms with E-state index in [-0.39, 0.29) is 0 Å². The Hall–Kier alpha value is -2.54. The fraction of sp³-hybridized carbons (Fsp3) is 0.182. The minimum Gasteiger partial charge on any atom is -0.371 e. The molecule has 3 aromatic carbocycles. The summed E-state index contributed by atoms with van der Waals surface area (Å²) in [6.45, 7) is 2.09. The molecule has 116 valence electrons. The van der Waals surface area contributed by atoms with Crippen molar-refractivity contribution in [3.8, 4) is 0 Å². The maximum atomic E-state index is 2.49. The van der Waals surface area contributed by atoms with Gasteiger partial charge in [0, 0.05) is 18.8 Å². The Morgan fingerprint density at radius 1 is 0.478 bits per heavy atom. The lowest BCUT2D eigenvalue weighted by atomic mass is 10.1. The number of benzene rings is 3. The Bertz CT molecular complexity index is 633. The number of hydrogen-bond acceptors (Lipinski definition) is 1. The number of hydrogen-bond donors (Lipinski definition) is 0. The van der Waals surface area contributed by atoms with Crippen molar-refractivity contribution >= 4 is 5.69 Å². The summed E-state index contributed by atoms with van der Waals surface area (Å²) in [5.41, 5.74) is 4.10. The summed E-state index contributed by atoms with van der Waals surface area (Å²) in [5, 5.41) is 0. The molecule has 0 atom stereocenters. The first-order valence-corrected chi connectivity index (χ1v) is 8.30. The molecule has 0 fully saturated rings. The van der Waals surface area contributed by atoms with Crippen molar-refractivity contribution in [2.45, 2.75) is 12.8 Å². The van der Waals surface area contributed by atoms with Crippen molar-refractivity contribution in [2.75, 3.05) is 18.0 Å². The van der Waals surface area contributed by atoms with Gasteiger partial charge in [0.05, 0.1) is 0 Å². The summed E-state index contributed by atoms with van der Waals surface area (Å²) < 4.78 is 0. The van der Waals surface area contributed by atoms with Gasteiger partial charge in [-0.3, -0.25) is 0 Å². The molecule has 1 nitrogen and oxygen atoms in total. The van der Waals surface area contributed by atoms with Gasteiger partial charge in [-0.2, -0.15) is 0 Å². The molecule has 0 saturated carbocycles. The molecule has 0 heterocycles. The van der Waals surface area contributed by atoms with Gasteiger partial charge in [0.2, 0.25) is 0 Å². The molecule has 3 rings (SSSR count). The smallest absolute Gasteiger partial charge is 0.0366 e. The van der Waals surface area contributed by atoms with Crippen molar-refractivity contribution in [3.05, 3.63) is 102 Å². The van der Waals surface area contributed by atoms with E-state index >= 15 is 0 Å². The molecule has 0 saturated heterocycles. The zero-order valence-electron chi connectivity index (χ0n) is 13.4. The minimum atomic E-state index is 1.04. The first-order chi connectivity index (χ1) is 11.4. The largest absolute Gasteiger partial charge is 0.371 e. The monoisotopic (exact) mass is 301 g/mol. The molecule has 0 radical (unpaired) electrons. The lowest BCUT2D eigenvalue weighted by Crippen LogP contribution is -2.28. The second-order valence-corrected chi connectivity index (χ2v) is 5.79. The lowest BCUT2D eigenvalue weighted by molar-refractivity contribution is 0.769. The number of anilines is 1. The number of rotatable bonds is 7. The maximum absolute atomic E-state index is 2.49. The van der Waals surface area contributed by atoms with Crippen molar-refractivity contribution in [3.63, 3.8) is 0 Å². The van der Waals surface area contributed by atoms with Gasteiger partial charge in [0.15, 0.2) is 0 Å². The topological polar surface area (TPSA) is 3.24 Å². The highest BCUT2D eigenvalue weighted by atomic mass is 15.1. The predicted molar refractivity (Wildman–Crippen MR) is 98.9 cm³/mol. The molecule has 3 aromatic rings. The van der Waals surface area contributed by atoms with E-state index < -0.39 is 0 Å². The van der Waals surface area contributed by atoms with Gasteiger partial charge in [0.25, 0.3) is 0 Å². The van der Waals surface area contributed by atoms with Gasteiger partial charge in [-0.05, 0) is 36.1 Å². The van der Waals surface area contributed by atoms with Crippen molar-refractivity contribution in [2.24, 2.45) is 0 Å². The minimum absolute atomic E-state index is 1.04. The molecule has 0 aliphatic rings. The summed E-state index contributed by atoms with van der Waals surface area (Å²) in [7, 11) is 0. The van der Waals surface area contributed by atoms with Gasteiger partial charge >= 0.3 is 0 Å². The highest BCUT2D eigenvalue weighted by molar-refractivity contribution is 5.46. The lowest BCUT2D eigenvalue weighted by Gasteiger charge is -2.25. The molecule has 23 heavy (non-hydrogen) atoms. The van der Waals surface area contributed by atoms with Gasteiger partial charge in [-0.1, -0.05) is 78.9 Å². The van der Waals surface area contributed by atoms with Crippen LogP contribution in [0, 0.1) is 0 Å². The average Bonchev–Trinajstić information content (AvgIpc) is 2.64. The predicted octanol–water partition coefficient (Wildman–Crippen LogP) is 4.98. The molecular formula is C22H23N. The summed E-state index contributed by atoms with van der Waals surface area (Å²) in [6, 6.07) is 32.2. The van der Waals surface area contributed by atoms with E-state index in [4.69, 9.17) is 0 Å². The maximum Gasteiger partial charge on any atom is 0.0366 e. The highest BCUT2D eigenvalue weighted by Gasteiger charge is 2.06. The van der Waals surface area contributed by atoms with Crippen LogP contribution in [0.2, 0.25) is 0 Å². The van der Waals surface area contributed by atoms with Crippen LogP contribution in [0.15, 0.2) is 91.0 Å². The van der Waals surface area contributed by atoms with E-state index in [1.807, 2.05) is 0 Å². The van der Waals surface area contributed by atoms with Gasteiger partial charge < -0.3 is 4.90 Å². The van der Waals surface area contributed by atoms with Crippen LogP contribution in [0.4, 0.5) is 5.69 Å². The fourth-order valence-electron chi connectivity index (χ4n) is 2.83. The molecular weight excluding hydrogens is 278 g/mol. The Kier molecular flexibility index (Phi) is 5.47. The standard InChI is InChI=1S/C22H23N/c1-4-10-20(11-5-1)16-18-23(22-14-8-3-9-15-22)19-17-21-12-6-2-7-13-21/h1-15H,16-19H2. The second kappa shape index (κ2) is 8.19. The number of para-hydroxylation sites is 1. The molecule has 0 aliphatic carbocycles. The molecule has 0 N–H and O–H groups in total. The Morgan fingerprint density at radius 3 is 1.30 bits per heavy atom. The highest BCUT2D eigenvalue weighted by Crippen LogP contribution is 2.15. The molecule has 1 heteroatoms. The molecule has 0 aromatic heterocycles. The van der Waals surface area contributed by atoms with E-state index in [0.717, 1.165) is 25.9 Å². The summed E-state index contributed by atoms with van der Waals surface area (Å²) in [6.07, 6.45) is 2.15. The van der Waals surface area contributed by atoms with E-state index in [1.54, 1.807) is 0 Å². The zero-order valence-corrected chi connectivity index (χ0v) is 13.4. The van der Waals surface area contributed by atoms with E-state index in [0.29, 0.717) is 0 Å². The van der Waals surface area contributed by atoms with Crippen molar-refractivity contribution in [1.82, 2.24) is 0 Å². The van der Waals surface area contributed by atoms with Gasteiger partial charge in [-0.25, -0.2) is 0 Å². The fourth-order valence-corrected chi connectivity index (χ4v) is 2.83. The van der Waals surface area contributed by atoms with E-state index in [2.05, 4.69) is 95.9 Å². The van der Waals surface area contributed by atoms with Crippen LogP contribution in [-0.4, -0.2) is 13.1 Å². The van der Waals surface area contributed by atoms with Crippen LogP contribution in [0.5, 0.6) is 0 Å². The molecule has 0 bridgehead atoms. The summed E-state index contributed by atoms with van der Waals surface area (Å²) in [4.78, 5) is 2.49. The molecule has 0 spiro atoms. The van der Waals surface area contributed by atoms with E-state index in [1.165, 1.54) is 16.8 Å². The Morgan fingerprint density at radius 2 is 0.870 bits per heavy atom. The molecule has 0 aliphatic heterocycles. The van der Waals surface area contributed by atoms with E-state index in [9.17, 15) is 0 Å². The average molecular weight is 301 g/mol. The van der Waals surface area contributed by atoms with Crippen LogP contribution in [0.3, 0.4) is 0 Å². The SMILES string of the molecule is c1ccc(CCN(CCc2ccccc2)c2ccccc2)cc1. The van der Waals surface area contributed by atoms with Gasteiger partial charge in [-0.15, -0.1) is 0 Å². The third-order valence-electron chi connectivity index (χ3n) is 4.15. The molecule has 0 unspecified atom stereocenters. The first-order valence-electron chi connectivity index (χ1n) is 8.30. The summed E-state index contributed by atoms with van der Waals surface area (Å²) in [5.74, 6) is 0. The number of nitrogens with zero attached hydrogens (tertiary/aromatic N) is 1. The Balaban J connectivity index is 1.66. The van der Waals surface area contributed by atoms with Crippen LogP contribution >= 0.6 is 0 Å². The first kappa shape index (κ1) is 15.4. The van der Waals surface area contributed by atoms with Gasteiger partial charge in [0.1, 0.15) is 0 Å². The van der Waals surface area contributed by atoms with Crippen molar-refractivity contribution in [1.29, 1.82) is 0 Å². The zero-order chi connectivity index (χ0) is 15.7. The second-order valence-electron chi connectivity index (χ2n) is 5.79. The normalized spacial score (nSPS) is 10.4. The molecule has 0 amide bonds. The van der Waals surface area contributed by atoms with Crippen LogP contribution in [0.25, 0.3) is 0 Å². The van der Waals surface area contributed by atoms with Crippen LogP contribution in [-0.2, 0) is 12.8 Å². The third kappa shape index (κ3) is 4.72. The quantitative estimate of drug-likeness (QED) is 0.595. The van der Waals surface area contributed by atoms with Crippen LogP contribution in [0.1, 0.15) is 11.1 Å². The Labute approximate surface area is 139 Å². The summed E-state index contributed by atoms with van der Waals surface area (Å²) >= 11 is 0. The van der Waals surface area contributed by atoms with Crippen molar-refractivity contribution < 1.29 is 0 Å².